The molecule has 0 radical (unpaired) electrons. The Morgan fingerprint density at radius 3 is 2.89 bits per heavy atom. The molecule has 0 saturated heterocycles. The van der Waals surface area contributed by atoms with Gasteiger partial charge in [0.1, 0.15) is 22.4 Å². The molecule has 2 aromatic carbocycles. The third kappa shape index (κ3) is 3.60. The molecule has 4 rings (SSSR count). The Kier molecular flexibility index (Phi) is 5.06. The van der Waals surface area contributed by atoms with E-state index in [-0.39, 0.29) is 17.1 Å². The van der Waals surface area contributed by atoms with Gasteiger partial charge in [0.15, 0.2) is 0 Å². The van der Waals surface area contributed by atoms with Crippen molar-refractivity contribution in [3.8, 4) is 11.8 Å². The fourth-order valence-corrected chi connectivity index (χ4v) is 4.36. The third-order valence-electron chi connectivity index (χ3n) is 3.93. The lowest BCUT2D eigenvalue weighted by atomic mass is 10.2. The summed E-state index contributed by atoms with van der Waals surface area (Å²) in [6, 6.07) is 17.5. The van der Waals surface area contributed by atoms with Gasteiger partial charge in [0, 0.05) is 0 Å². The van der Waals surface area contributed by atoms with Crippen molar-refractivity contribution in [2.75, 3.05) is 5.75 Å². The summed E-state index contributed by atoms with van der Waals surface area (Å²) in [7, 11) is 0. The molecular weight excluding hydrogens is 392 g/mol. The van der Waals surface area contributed by atoms with Gasteiger partial charge in [0.25, 0.3) is 0 Å². The van der Waals surface area contributed by atoms with Crippen LogP contribution in [0.3, 0.4) is 0 Å². The number of thioether (sulfide) groups is 1. The number of hydrogen-bond donors (Lipinski definition) is 1. The summed E-state index contributed by atoms with van der Waals surface area (Å²) in [5, 5.41) is 32.9. The fraction of sp³-hybridized carbons (Fsp3) is 0.105. The lowest BCUT2D eigenvalue weighted by Crippen LogP contribution is -2.00. The highest BCUT2D eigenvalue weighted by molar-refractivity contribution is 7.99. The van der Waals surface area contributed by atoms with E-state index in [1.54, 1.807) is 4.68 Å². The van der Waals surface area contributed by atoms with Crippen LogP contribution in [0.1, 0.15) is 10.6 Å². The standard InChI is InChI=1S/C19H14N6OS2/c1-12-5-4-6-13(9-12)25-19(22-23-24-25)27-11-16(26)14(10-20)18-21-15-7-2-3-8-17(15)28-18/h2-9,26H,11H2,1H3/b16-14-. The molecule has 138 valence electrons. The van der Waals surface area contributed by atoms with Gasteiger partial charge < -0.3 is 5.11 Å². The molecule has 0 aliphatic carbocycles. The van der Waals surface area contributed by atoms with Crippen LogP contribution in [0.25, 0.3) is 21.5 Å². The first-order valence-corrected chi connectivity index (χ1v) is 10.1. The molecule has 0 aliphatic rings. The zero-order valence-electron chi connectivity index (χ0n) is 14.8. The third-order valence-corrected chi connectivity index (χ3v) is 5.92. The largest absolute Gasteiger partial charge is 0.510 e. The van der Waals surface area contributed by atoms with E-state index >= 15 is 0 Å². The van der Waals surface area contributed by atoms with Gasteiger partial charge in [-0.2, -0.15) is 9.94 Å². The first-order chi connectivity index (χ1) is 13.7. The SMILES string of the molecule is Cc1cccc(-n2nnnc2SC/C(O)=C(\C#N)c2nc3ccccc3s2)c1. The number of rotatable bonds is 5. The van der Waals surface area contributed by atoms with Crippen LogP contribution in [-0.2, 0) is 0 Å². The lowest BCUT2D eigenvalue weighted by Gasteiger charge is -2.05. The molecule has 0 amide bonds. The average molecular weight is 406 g/mol. The summed E-state index contributed by atoms with van der Waals surface area (Å²) in [5.41, 5.74) is 2.90. The first-order valence-electron chi connectivity index (χ1n) is 8.32. The van der Waals surface area contributed by atoms with Crippen LogP contribution < -0.4 is 0 Å². The van der Waals surface area contributed by atoms with Crippen molar-refractivity contribution in [3.63, 3.8) is 0 Å². The van der Waals surface area contributed by atoms with Crippen molar-refractivity contribution < 1.29 is 5.11 Å². The Labute approximate surface area is 169 Å². The molecule has 0 bridgehead atoms. The Balaban J connectivity index is 1.59. The number of benzene rings is 2. The van der Waals surface area contributed by atoms with Crippen molar-refractivity contribution in [3.05, 3.63) is 64.9 Å². The quantitative estimate of drug-likeness (QED) is 0.302. The number of aromatic nitrogens is 5. The molecule has 0 saturated carbocycles. The molecule has 0 aliphatic heterocycles. The minimum Gasteiger partial charge on any atom is -0.510 e. The van der Waals surface area contributed by atoms with Gasteiger partial charge in [-0.3, -0.25) is 0 Å². The number of nitriles is 1. The van der Waals surface area contributed by atoms with E-state index in [0.717, 1.165) is 21.5 Å². The molecule has 0 unspecified atom stereocenters. The predicted octanol–water partition coefficient (Wildman–Crippen LogP) is 4.17. The number of aliphatic hydroxyl groups is 1. The molecule has 2 aromatic heterocycles. The van der Waals surface area contributed by atoms with Crippen LogP contribution in [0.4, 0.5) is 0 Å². The molecule has 0 spiro atoms. The van der Waals surface area contributed by atoms with Crippen LogP contribution in [0.5, 0.6) is 0 Å². The zero-order valence-corrected chi connectivity index (χ0v) is 16.4. The number of allylic oxidation sites excluding steroid dienone is 1. The lowest BCUT2D eigenvalue weighted by molar-refractivity contribution is 0.420. The number of thiazole rings is 1. The summed E-state index contributed by atoms with van der Waals surface area (Å²) in [5.74, 6) is 0.107. The second kappa shape index (κ2) is 7.80. The summed E-state index contributed by atoms with van der Waals surface area (Å²) >= 11 is 2.63. The summed E-state index contributed by atoms with van der Waals surface area (Å²) < 4.78 is 2.57. The molecule has 28 heavy (non-hydrogen) atoms. The summed E-state index contributed by atoms with van der Waals surface area (Å²) in [4.78, 5) is 4.45. The minimum atomic E-state index is -0.0506. The van der Waals surface area contributed by atoms with Gasteiger partial charge in [0.05, 0.1) is 21.7 Å². The Morgan fingerprint density at radius 2 is 2.11 bits per heavy atom. The van der Waals surface area contributed by atoms with E-state index in [0.29, 0.717) is 10.2 Å². The van der Waals surface area contributed by atoms with Crippen molar-refractivity contribution in [2.45, 2.75) is 12.1 Å². The van der Waals surface area contributed by atoms with Crippen molar-refractivity contribution in [1.29, 1.82) is 5.26 Å². The van der Waals surface area contributed by atoms with Crippen LogP contribution in [0.15, 0.2) is 59.4 Å². The van der Waals surface area contributed by atoms with Gasteiger partial charge in [-0.25, -0.2) is 4.98 Å². The molecule has 4 aromatic rings. The van der Waals surface area contributed by atoms with Gasteiger partial charge in [-0.05, 0) is 47.2 Å². The number of tetrazole rings is 1. The second-order valence-corrected chi connectivity index (χ2v) is 7.89. The van der Waals surface area contributed by atoms with Crippen molar-refractivity contribution >= 4 is 38.9 Å². The molecule has 0 fully saturated rings. The highest BCUT2D eigenvalue weighted by Gasteiger charge is 2.16. The molecule has 2 heterocycles. The van der Waals surface area contributed by atoms with Crippen molar-refractivity contribution in [2.24, 2.45) is 0 Å². The maximum atomic E-state index is 10.5. The van der Waals surface area contributed by atoms with E-state index < -0.39 is 0 Å². The number of aliphatic hydroxyl groups excluding tert-OH is 1. The van der Waals surface area contributed by atoms with E-state index in [2.05, 4.69) is 26.6 Å². The number of nitrogens with zero attached hydrogens (tertiary/aromatic N) is 6. The number of aryl methyl sites for hydroxylation is 1. The van der Waals surface area contributed by atoms with Crippen LogP contribution in [0, 0.1) is 18.3 Å². The highest BCUT2D eigenvalue weighted by atomic mass is 32.2. The maximum Gasteiger partial charge on any atom is 0.214 e. The first kappa shape index (κ1) is 18.2. The monoisotopic (exact) mass is 406 g/mol. The normalized spacial score (nSPS) is 12.0. The Bertz CT molecular complexity index is 1190. The van der Waals surface area contributed by atoms with Crippen LogP contribution in [0.2, 0.25) is 0 Å². The molecule has 0 atom stereocenters. The Morgan fingerprint density at radius 1 is 1.25 bits per heavy atom. The molecule has 1 N–H and O–H groups in total. The number of hydrogen-bond acceptors (Lipinski definition) is 8. The van der Waals surface area contributed by atoms with Crippen LogP contribution in [-0.4, -0.2) is 36.1 Å². The zero-order chi connectivity index (χ0) is 19.5. The van der Waals surface area contributed by atoms with E-state index in [4.69, 9.17) is 0 Å². The number of fused-ring (bicyclic) bond motifs is 1. The van der Waals surface area contributed by atoms with Crippen LogP contribution >= 0.6 is 23.1 Å². The molecule has 7 nitrogen and oxygen atoms in total. The summed E-state index contributed by atoms with van der Waals surface area (Å²) in [6.45, 7) is 1.99. The van der Waals surface area contributed by atoms with Gasteiger partial charge in [0.2, 0.25) is 5.16 Å². The second-order valence-electron chi connectivity index (χ2n) is 5.92. The summed E-state index contributed by atoms with van der Waals surface area (Å²) in [6.07, 6.45) is 0. The average Bonchev–Trinajstić information content (AvgIpc) is 3.33. The van der Waals surface area contributed by atoms with E-state index in [9.17, 15) is 10.4 Å². The topological polar surface area (TPSA) is 101 Å². The van der Waals surface area contributed by atoms with Gasteiger partial charge in [-0.1, -0.05) is 36.0 Å². The van der Waals surface area contributed by atoms with E-state index in [1.165, 1.54) is 23.1 Å². The van der Waals surface area contributed by atoms with Gasteiger partial charge in [-0.15, -0.1) is 16.4 Å². The highest BCUT2D eigenvalue weighted by Crippen LogP contribution is 2.30. The van der Waals surface area contributed by atoms with Crippen molar-refractivity contribution in [1.82, 2.24) is 25.2 Å². The van der Waals surface area contributed by atoms with Gasteiger partial charge >= 0.3 is 0 Å². The van der Waals surface area contributed by atoms with E-state index in [1.807, 2.05) is 55.5 Å². The number of para-hydroxylation sites is 1. The fourth-order valence-electron chi connectivity index (χ4n) is 2.61. The molecule has 9 heteroatoms. The smallest absolute Gasteiger partial charge is 0.214 e. The predicted molar refractivity (Wildman–Crippen MR) is 109 cm³/mol. The minimum absolute atomic E-state index is 0.0506. The molecular formula is C19H14N6OS2. The Hall–Kier alpha value is -3.22. The maximum absolute atomic E-state index is 10.5.